The number of hydrogen-bond donors (Lipinski definition) is 0. The Kier molecular flexibility index (Phi) is 3.02. The molecule has 0 saturated heterocycles. The van der Waals surface area contributed by atoms with Crippen LogP contribution in [-0.2, 0) is 14.3 Å². The lowest BCUT2D eigenvalue weighted by molar-refractivity contribution is -0.137. The highest BCUT2D eigenvalue weighted by molar-refractivity contribution is 6.02. The van der Waals surface area contributed by atoms with Crippen LogP contribution < -0.4 is 0 Å². The van der Waals surface area contributed by atoms with E-state index in [2.05, 4.69) is 4.74 Å². The SMILES string of the molecule is CCOC(=O)/C=C1/CCCC1=O. The molecule has 1 fully saturated rings. The number of allylic oxidation sites excluding steroid dienone is 1. The summed E-state index contributed by atoms with van der Waals surface area (Å²) < 4.78 is 4.68. The molecule has 1 saturated carbocycles. The molecular weight excluding hydrogens is 156 g/mol. The van der Waals surface area contributed by atoms with E-state index in [0.717, 1.165) is 12.8 Å². The Bertz CT molecular complexity index is 228. The predicted molar refractivity (Wildman–Crippen MR) is 43.6 cm³/mol. The predicted octanol–water partition coefficient (Wildman–Crippen LogP) is 1.23. The van der Waals surface area contributed by atoms with Crippen LogP contribution in [0.2, 0.25) is 0 Å². The van der Waals surface area contributed by atoms with Gasteiger partial charge in [0.05, 0.1) is 6.61 Å². The summed E-state index contributed by atoms with van der Waals surface area (Å²) in [5.41, 5.74) is 0.619. The number of Topliss-reactive ketones (excluding diaryl/α,β-unsaturated/α-hetero) is 1. The van der Waals surface area contributed by atoms with Crippen molar-refractivity contribution in [3.63, 3.8) is 0 Å². The first-order valence-corrected chi connectivity index (χ1v) is 4.14. The number of ketones is 1. The van der Waals surface area contributed by atoms with Crippen molar-refractivity contribution in [1.82, 2.24) is 0 Å². The van der Waals surface area contributed by atoms with Crippen LogP contribution in [0.3, 0.4) is 0 Å². The number of rotatable bonds is 2. The number of carbonyl (C=O) groups is 2. The number of ether oxygens (including phenoxy) is 1. The van der Waals surface area contributed by atoms with Gasteiger partial charge in [0, 0.05) is 18.1 Å². The molecule has 0 bridgehead atoms. The maximum Gasteiger partial charge on any atom is 0.331 e. The normalized spacial score (nSPS) is 20.1. The second-order valence-corrected chi connectivity index (χ2v) is 2.70. The molecule has 0 radical (unpaired) electrons. The van der Waals surface area contributed by atoms with Gasteiger partial charge in [-0.05, 0) is 19.8 Å². The topological polar surface area (TPSA) is 43.4 Å². The van der Waals surface area contributed by atoms with Gasteiger partial charge < -0.3 is 4.74 Å². The van der Waals surface area contributed by atoms with Crippen LogP contribution in [0.15, 0.2) is 11.6 Å². The number of hydrogen-bond acceptors (Lipinski definition) is 3. The molecule has 0 aromatic carbocycles. The van der Waals surface area contributed by atoms with Gasteiger partial charge in [0.1, 0.15) is 0 Å². The minimum Gasteiger partial charge on any atom is -0.463 e. The van der Waals surface area contributed by atoms with E-state index in [4.69, 9.17) is 0 Å². The highest BCUT2D eigenvalue weighted by Gasteiger charge is 2.17. The molecule has 0 atom stereocenters. The molecule has 0 aromatic heterocycles. The van der Waals surface area contributed by atoms with Crippen LogP contribution in [0.25, 0.3) is 0 Å². The van der Waals surface area contributed by atoms with Crippen molar-refractivity contribution in [1.29, 1.82) is 0 Å². The second-order valence-electron chi connectivity index (χ2n) is 2.70. The Morgan fingerprint density at radius 1 is 1.58 bits per heavy atom. The van der Waals surface area contributed by atoms with E-state index in [-0.39, 0.29) is 5.78 Å². The van der Waals surface area contributed by atoms with Gasteiger partial charge in [-0.3, -0.25) is 4.79 Å². The van der Waals surface area contributed by atoms with Gasteiger partial charge in [0.15, 0.2) is 5.78 Å². The molecule has 0 heterocycles. The summed E-state index contributed by atoms with van der Waals surface area (Å²) in [5.74, 6) is -0.314. The minimum absolute atomic E-state index is 0.0862. The smallest absolute Gasteiger partial charge is 0.331 e. The van der Waals surface area contributed by atoms with Crippen molar-refractivity contribution in [2.24, 2.45) is 0 Å². The standard InChI is InChI=1S/C9H12O3/c1-2-12-9(11)6-7-4-3-5-8(7)10/h6H,2-5H2,1H3/b7-6-. The lowest BCUT2D eigenvalue weighted by atomic mass is 10.2. The Labute approximate surface area is 71.4 Å². The van der Waals surface area contributed by atoms with Gasteiger partial charge in [0.2, 0.25) is 0 Å². The molecule has 0 N–H and O–H groups in total. The first-order valence-electron chi connectivity index (χ1n) is 4.14. The summed E-state index contributed by atoms with van der Waals surface area (Å²) in [4.78, 5) is 21.9. The molecule has 0 amide bonds. The summed E-state index contributed by atoms with van der Waals surface area (Å²) in [6.45, 7) is 2.10. The van der Waals surface area contributed by atoms with Gasteiger partial charge in [-0.25, -0.2) is 4.79 Å². The van der Waals surface area contributed by atoms with Gasteiger partial charge in [0.25, 0.3) is 0 Å². The molecule has 0 spiro atoms. The molecule has 1 rings (SSSR count). The molecule has 66 valence electrons. The van der Waals surface area contributed by atoms with E-state index in [1.165, 1.54) is 6.08 Å². The Balaban J connectivity index is 2.55. The maximum atomic E-state index is 11.0. The minimum atomic E-state index is -0.400. The summed E-state index contributed by atoms with van der Waals surface area (Å²) >= 11 is 0. The second kappa shape index (κ2) is 4.04. The third kappa shape index (κ3) is 2.19. The molecule has 0 unspecified atom stereocenters. The highest BCUT2D eigenvalue weighted by atomic mass is 16.5. The molecule has 1 aliphatic carbocycles. The first-order chi connectivity index (χ1) is 5.74. The Morgan fingerprint density at radius 3 is 2.83 bits per heavy atom. The fourth-order valence-electron chi connectivity index (χ4n) is 1.22. The summed E-state index contributed by atoms with van der Waals surface area (Å²) in [7, 11) is 0. The van der Waals surface area contributed by atoms with Crippen molar-refractivity contribution in [3.05, 3.63) is 11.6 Å². The van der Waals surface area contributed by atoms with Crippen molar-refractivity contribution in [3.8, 4) is 0 Å². The van der Waals surface area contributed by atoms with Crippen LogP contribution in [0.1, 0.15) is 26.2 Å². The zero-order chi connectivity index (χ0) is 8.97. The largest absolute Gasteiger partial charge is 0.463 e. The maximum absolute atomic E-state index is 11.0. The van der Waals surface area contributed by atoms with E-state index in [0.29, 0.717) is 18.6 Å². The Hall–Kier alpha value is -1.12. The lowest BCUT2D eigenvalue weighted by Crippen LogP contribution is -2.03. The average Bonchev–Trinajstić information content (AvgIpc) is 2.37. The third-order valence-corrected chi connectivity index (χ3v) is 1.79. The monoisotopic (exact) mass is 168 g/mol. The van der Waals surface area contributed by atoms with E-state index in [1.54, 1.807) is 6.92 Å². The van der Waals surface area contributed by atoms with Crippen LogP contribution in [0.4, 0.5) is 0 Å². The van der Waals surface area contributed by atoms with Crippen LogP contribution in [0.5, 0.6) is 0 Å². The van der Waals surface area contributed by atoms with Crippen molar-refractivity contribution >= 4 is 11.8 Å². The molecular formula is C9H12O3. The summed E-state index contributed by atoms with van der Waals surface area (Å²) in [5, 5.41) is 0. The molecule has 0 aliphatic heterocycles. The molecule has 1 aliphatic rings. The quantitative estimate of drug-likeness (QED) is 0.460. The summed E-state index contributed by atoms with van der Waals surface area (Å²) in [6, 6.07) is 0. The molecule has 0 aromatic rings. The lowest BCUT2D eigenvalue weighted by Gasteiger charge is -1.96. The van der Waals surface area contributed by atoms with E-state index < -0.39 is 5.97 Å². The fourth-order valence-corrected chi connectivity index (χ4v) is 1.22. The van der Waals surface area contributed by atoms with Crippen molar-refractivity contribution in [2.75, 3.05) is 6.61 Å². The van der Waals surface area contributed by atoms with Crippen LogP contribution in [-0.4, -0.2) is 18.4 Å². The van der Waals surface area contributed by atoms with Crippen LogP contribution >= 0.6 is 0 Å². The van der Waals surface area contributed by atoms with Crippen molar-refractivity contribution < 1.29 is 14.3 Å². The average molecular weight is 168 g/mol. The highest BCUT2D eigenvalue weighted by Crippen LogP contribution is 2.19. The first kappa shape index (κ1) is 8.97. The van der Waals surface area contributed by atoms with Gasteiger partial charge in [-0.1, -0.05) is 0 Å². The van der Waals surface area contributed by atoms with Gasteiger partial charge >= 0.3 is 5.97 Å². The third-order valence-electron chi connectivity index (χ3n) is 1.79. The molecule has 3 heteroatoms. The summed E-state index contributed by atoms with van der Waals surface area (Å²) in [6.07, 6.45) is 3.48. The van der Waals surface area contributed by atoms with E-state index >= 15 is 0 Å². The van der Waals surface area contributed by atoms with E-state index in [1.807, 2.05) is 0 Å². The number of carbonyl (C=O) groups excluding carboxylic acids is 2. The van der Waals surface area contributed by atoms with Crippen molar-refractivity contribution in [2.45, 2.75) is 26.2 Å². The van der Waals surface area contributed by atoms with Gasteiger partial charge in [-0.2, -0.15) is 0 Å². The van der Waals surface area contributed by atoms with E-state index in [9.17, 15) is 9.59 Å². The zero-order valence-electron chi connectivity index (χ0n) is 7.13. The fraction of sp³-hybridized carbons (Fsp3) is 0.556. The zero-order valence-corrected chi connectivity index (χ0v) is 7.13. The Morgan fingerprint density at radius 2 is 2.33 bits per heavy atom. The van der Waals surface area contributed by atoms with Crippen LogP contribution in [0, 0.1) is 0 Å². The molecule has 3 nitrogen and oxygen atoms in total. The number of esters is 1. The van der Waals surface area contributed by atoms with Gasteiger partial charge in [-0.15, -0.1) is 0 Å². The molecule has 12 heavy (non-hydrogen) atoms.